The first kappa shape index (κ1) is 12.5. The van der Waals surface area contributed by atoms with Crippen molar-refractivity contribution < 1.29 is 19.4 Å². The maximum atomic E-state index is 11.9. The number of carboxylic acid groups (broad SMARTS) is 1. The largest absolute Gasteiger partial charge is 0.476 e. The summed E-state index contributed by atoms with van der Waals surface area (Å²) >= 11 is 0. The zero-order valence-electron chi connectivity index (χ0n) is 9.78. The van der Waals surface area contributed by atoms with Gasteiger partial charge in [-0.2, -0.15) is 0 Å². The van der Waals surface area contributed by atoms with Crippen LogP contribution < -0.4 is 0 Å². The number of hydrogen-bond donors (Lipinski definition) is 1. The standard InChI is InChI=1S/C10H14N4O4/c15-9(13-2-1-4-18-5-3-13)7-14-6-8(10(16)17)11-12-14/h6H,1-5,7H2,(H,16,17). The fourth-order valence-electron chi connectivity index (χ4n) is 1.71. The lowest BCUT2D eigenvalue weighted by Gasteiger charge is -2.19. The van der Waals surface area contributed by atoms with E-state index in [0.29, 0.717) is 26.3 Å². The zero-order chi connectivity index (χ0) is 13.0. The monoisotopic (exact) mass is 254 g/mol. The van der Waals surface area contributed by atoms with E-state index < -0.39 is 5.97 Å². The van der Waals surface area contributed by atoms with Gasteiger partial charge < -0.3 is 14.7 Å². The molecule has 1 aliphatic heterocycles. The van der Waals surface area contributed by atoms with Crippen molar-refractivity contribution in [2.24, 2.45) is 0 Å². The van der Waals surface area contributed by atoms with Gasteiger partial charge in [0, 0.05) is 19.7 Å². The molecule has 1 N–H and O–H groups in total. The Kier molecular flexibility index (Phi) is 3.88. The van der Waals surface area contributed by atoms with E-state index in [1.165, 1.54) is 10.9 Å². The summed E-state index contributed by atoms with van der Waals surface area (Å²) in [6.07, 6.45) is 2.05. The second-order valence-electron chi connectivity index (χ2n) is 3.95. The number of carboxylic acids is 1. The topological polar surface area (TPSA) is 97.5 Å². The normalized spacial score (nSPS) is 16.3. The van der Waals surface area contributed by atoms with E-state index in [1.807, 2.05) is 0 Å². The van der Waals surface area contributed by atoms with Gasteiger partial charge in [-0.1, -0.05) is 5.21 Å². The van der Waals surface area contributed by atoms with Crippen LogP contribution in [-0.2, 0) is 16.1 Å². The Morgan fingerprint density at radius 1 is 1.39 bits per heavy atom. The predicted octanol–water partition coefficient (Wildman–Crippen LogP) is -0.775. The first-order chi connectivity index (χ1) is 8.66. The Morgan fingerprint density at radius 2 is 2.22 bits per heavy atom. The molecule has 1 aromatic heterocycles. The summed E-state index contributed by atoms with van der Waals surface area (Å²) in [6, 6.07) is 0. The molecule has 2 heterocycles. The van der Waals surface area contributed by atoms with E-state index in [1.54, 1.807) is 4.90 Å². The van der Waals surface area contributed by atoms with Crippen molar-refractivity contribution in [3.8, 4) is 0 Å². The van der Waals surface area contributed by atoms with Crippen LogP contribution in [0.15, 0.2) is 6.20 Å². The number of ether oxygens (including phenoxy) is 1. The lowest BCUT2D eigenvalue weighted by atomic mass is 10.4. The smallest absolute Gasteiger partial charge is 0.358 e. The Hall–Kier alpha value is -1.96. The van der Waals surface area contributed by atoms with Gasteiger partial charge in [0.2, 0.25) is 5.91 Å². The molecular weight excluding hydrogens is 240 g/mol. The fraction of sp³-hybridized carbons (Fsp3) is 0.600. The van der Waals surface area contributed by atoms with Crippen LogP contribution in [-0.4, -0.2) is 63.2 Å². The molecule has 2 rings (SSSR count). The summed E-state index contributed by atoms with van der Waals surface area (Å²) in [4.78, 5) is 24.2. The average molecular weight is 254 g/mol. The average Bonchev–Trinajstić information content (AvgIpc) is 2.64. The van der Waals surface area contributed by atoms with Gasteiger partial charge in [0.1, 0.15) is 6.54 Å². The minimum Gasteiger partial charge on any atom is -0.476 e. The van der Waals surface area contributed by atoms with Crippen LogP contribution in [0.2, 0.25) is 0 Å². The quantitative estimate of drug-likeness (QED) is 0.760. The Morgan fingerprint density at radius 3 is 2.94 bits per heavy atom. The summed E-state index contributed by atoms with van der Waals surface area (Å²) in [5.74, 6) is -1.26. The summed E-state index contributed by atoms with van der Waals surface area (Å²) in [6.45, 7) is 2.40. The number of aromatic carboxylic acids is 1. The number of carbonyl (C=O) groups excluding carboxylic acids is 1. The highest BCUT2D eigenvalue weighted by Crippen LogP contribution is 2.01. The molecule has 0 spiro atoms. The molecule has 1 amide bonds. The minimum absolute atomic E-state index is 0.000278. The van der Waals surface area contributed by atoms with E-state index in [0.717, 1.165) is 6.42 Å². The highest BCUT2D eigenvalue weighted by Gasteiger charge is 2.17. The van der Waals surface area contributed by atoms with Crippen molar-refractivity contribution in [1.82, 2.24) is 19.9 Å². The maximum Gasteiger partial charge on any atom is 0.358 e. The molecule has 98 valence electrons. The third-order valence-electron chi connectivity index (χ3n) is 2.63. The zero-order valence-corrected chi connectivity index (χ0v) is 9.78. The fourth-order valence-corrected chi connectivity index (χ4v) is 1.71. The second kappa shape index (κ2) is 5.58. The Bertz CT molecular complexity index is 437. The molecule has 1 aromatic rings. The third-order valence-corrected chi connectivity index (χ3v) is 2.63. The molecule has 0 bridgehead atoms. The molecule has 0 atom stereocenters. The van der Waals surface area contributed by atoms with Crippen molar-refractivity contribution in [3.63, 3.8) is 0 Å². The molecule has 0 aliphatic carbocycles. The van der Waals surface area contributed by atoms with Crippen LogP contribution >= 0.6 is 0 Å². The summed E-state index contributed by atoms with van der Waals surface area (Å²) in [5.41, 5.74) is -0.165. The molecule has 1 aliphatic rings. The van der Waals surface area contributed by atoms with Crippen molar-refractivity contribution in [1.29, 1.82) is 0 Å². The molecule has 0 saturated carbocycles. The molecule has 8 heteroatoms. The number of carbonyl (C=O) groups is 2. The molecule has 8 nitrogen and oxygen atoms in total. The van der Waals surface area contributed by atoms with E-state index in [9.17, 15) is 9.59 Å². The number of nitrogens with zero attached hydrogens (tertiary/aromatic N) is 4. The first-order valence-corrected chi connectivity index (χ1v) is 5.66. The van der Waals surface area contributed by atoms with E-state index in [4.69, 9.17) is 9.84 Å². The van der Waals surface area contributed by atoms with E-state index >= 15 is 0 Å². The van der Waals surface area contributed by atoms with Gasteiger partial charge in [-0.05, 0) is 6.42 Å². The van der Waals surface area contributed by atoms with Crippen molar-refractivity contribution in [2.45, 2.75) is 13.0 Å². The van der Waals surface area contributed by atoms with Gasteiger partial charge in [-0.15, -0.1) is 5.10 Å². The maximum absolute atomic E-state index is 11.9. The van der Waals surface area contributed by atoms with Gasteiger partial charge in [0.25, 0.3) is 0 Å². The Labute approximate surface area is 103 Å². The van der Waals surface area contributed by atoms with Gasteiger partial charge >= 0.3 is 5.97 Å². The SMILES string of the molecule is O=C(O)c1cn(CC(=O)N2CCCOCC2)nn1. The van der Waals surface area contributed by atoms with Gasteiger partial charge in [-0.3, -0.25) is 4.79 Å². The van der Waals surface area contributed by atoms with Crippen LogP contribution in [0.3, 0.4) is 0 Å². The van der Waals surface area contributed by atoms with Crippen LogP contribution in [0, 0.1) is 0 Å². The summed E-state index contributed by atoms with van der Waals surface area (Å²) in [5, 5.41) is 15.7. The van der Waals surface area contributed by atoms with Crippen molar-refractivity contribution in [2.75, 3.05) is 26.3 Å². The second-order valence-corrected chi connectivity index (χ2v) is 3.95. The lowest BCUT2D eigenvalue weighted by Crippen LogP contribution is -2.35. The van der Waals surface area contributed by atoms with Crippen molar-refractivity contribution in [3.05, 3.63) is 11.9 Å². The number of hydrogen-bond acceptors (Lipinski definition) is 5. The van der Waals surface area contributed by atoms with Gasteiger partial charge in [-0.25, -0.2) is 9.48 Å². The highest BCUT2D eigenvalue weighted by atomic mass is 16.5. The molecule has 0 aromatic carbocycles. The van der Waals surface area contributed by atoms with Crippen LogP contribution in [0.4, 0.5) is 0 Å². The number of amides is 1. The molecular formula is C10H14N4O4. The molecule has 0 unspecified atom stereocenters. The van der Waals surface area contributed by atoms with Crippen LogP contribution in [0.5, 0.6) is 0 Å². The third kappa shape index (κ3) is 3.04. The van der Waals surface area contributed by atoms with Crippen LogP contribution in [0.25, 0.3) is 0 Å². The summed E-state index contributed by atoms with van der Waals surface area (Å²) < 4.78 is 6.49. The predicted molar refractivity (Wildman–Crippen MR) is 59.0 cm³/mol. The lowest BCUT2D eigenvalue weighted by molar-refractivity contribution is -0.132. The van der Waals surface area contributed by atoms with Crippen molar-refractivity contribution >= 4 is 11.9 Å². The first-order valence-electron chi connectivity index (χ1n) is 5.66. The van der Waals surface area contributed by atoms with Gasteiger partial charge in [0.15, 0.2) is 5.69 Å². The molecule has 1 fully saturated rings. The van der Waals surface area contributed by atoms with Crippen LogP contribution in [0.1, 0.15) is 16.9 Å². The molecule has 1 saturated heterocycles. The molecule has 18 heavy (non-hydrogen) atoms. The number of rotatable bonds is 3. The highest BCUT2D eigenvalue weighted by molar-refractivity contribution is 5.84. The Balaban J connectivity index is 1.94. The van der Waals surface area contributed by atoms with E-state index in [-0.39, 0.29) is 18.1 Å². The number of aromatic nitrogens is 3. The van der Waals surface area contributed by atoms with Gasteiger partial charge in [0.05, 0.1) is 12.8 Å². The molecule has 0 radical (unpaired) electrons. The minimum atomic E-state index is -1.16. The van der Waals surface area contributed by atoms with E-state index in [2.05, 4.69) is 10.3 Å². The summed E-state index contributed by atoms with van der Waals surface area (Å²) in [7, 11) is 0.